The van der Waals surface area contributed by atoms with E-state index in [9.17, 15) is 9.18 Å². The van der Waals surface area contributed by atoms with Crippen molar-refractivity contribution in [1.82, 2.24) is 14.3 Å². The highest BCUT2D eigenvalue weighted by molar-refractivity contribution is 7.09. The lowest BCUT2D eigenvalue weighted by Gasteiger charge is -2.40. The molecule has 1 aromatic carbocycles. The molecule has 2 atom stereocenters. The smallest absolute Gasteiger partial charge is 0.223 e. The van der Waals surface area contributed by atoms with Gasteiger partial charge in [0.15, 0.2) is 0 Å². The van der Waals surface area contributed by atoms with E-state index in [0.29, 0.717) is 18.8 Å². The van der Waals surface area contributed by atoms with Crippen molar-refractivity contribution in [2.45, 2.75) is 59.9 Å². The van der Waals surface area contributed by atoms with Crippen LogP contribution in [0.5, 0.6) is 0 Å². The van der Waals surface area contributed by atoms with Gasteiger partial charge in [-0.1, -0.05) is 39.8 Å². The van der Waals surface area contributed by atoms with E-state index in [1.165, 1.54) is 23.7 Å². The topological polar surface area (TPSA) is 49.3 Å². The summed E-state index contributed by atoms with van der Waals surface area (Å²) in [6.07, 6.45) is 2.26. The highest BCUT2D eigenvalue weighted by Crippen LogP contribution is 2.28. The first-order chi connectivity index (χ1) is 14.1. The van der Waals surface area contributed by atoms with Crippen molar-refractivity contribution in [3.05, 3.63) is 41.5 Å². The van der Waals surface area contributed by atoms with Gasteiger partial charge >= 0.3 is 0 Å². The molecule has 1 aromatic heterocycles. The minimum atomic E-state index is -0.236. The van der Waals surface area contributed by atoms with Crippen LogP contribution < -0.4 is 4.90 Å². The summed E-state index contributed by atoms with van der Waals surface area (Å²) < 4.78 is 17.6. The summed E-state index contributed by atoms with van der Waals surface area (Å²) in [4.78, 5) is 21.8. The van der Waals surface area contributed by atoms with E-state index in [1.807, 2.05) is 4.90 Å². The SMILES string of the molecule is CC(CC(=O)N1CCN(c2nc(Cc3ccc(F)cc3)ns2)CC1C)CC(C)(C)C. The van der Waals surface area contributed by atoms with E-state index < -0.39 is 0 Å². The minimum absolute atomic E-state index is 0.150. The van der Waals surface area contributed by atoms with Gasteiger partial charge < -0.3 is 9.80 Å². The Morgan fingerprint density at radius 1 is 1.27 bits per heavy atom. The van der Waals surface area contributed by atoms with Crippen LogP contribution in [0.25, 0.3) is 0 Å². The molecule has 0 aliphatic carbocycles. The van der Waals surface area contributed by atoms with Crippen molar-refractivity contribution in [1.29, 1.82) is 0 Å². The zero-order chi connectivity index (χ0) is 21.9. The predicted octanol–water partition coefficient (Wildman–Crippen LogP) is 4.77. The van der Waals surface area contributed by atoms with Gasteiger partial charge in [0.25, 0.3) is 0 Å². The summed E-state index contributed by atoms with van der Waals surface area (Å²) in [6, 6.07) is 6.61. The molecule has 5 nitrogen and oxygen atoms in total. The molecule has 164 valence electrons. The molecule has 1 amide bonds. The third-order valence-corrected chi connectivity index (χ3v) is 6.25. The van der Waals surface area contributed by atoms with Gasteiger partial charge in [-0.3, -0.25) is 4.79 Å². The van der Waals surface area contributed by atoms with Crippen LogP contribution in [0.3, 0.4) is 0 Å². The lowest BCUT2D eigenvalue weighted by Crippen LogP contribution is -2.54. The number of aromatic nitrogens is 2. The third-order valence-electron chi connectivity index (χ3n) is 5.44. The molecule has 3 rings (SSSR count). The number of benzene rings is 1. The van der Waals surface area contributed by atoms with E-state index in [0.717, 1.165) is 42.6 Å². The van der Waals surface area contributed by atoms with Crippen LogP contribution in [-0.2, 0) is 11.2 Å². The number of halogens is 1. The molecule has 0 N–H and O–H groups in total. The van der Waals surface area contributed by atoms with Crippen LogP contribution >= 0.6 is 11.5 Å². The van der Waals surface area contributed by atoms with Crippen molar-refractivity contribution >= 4 is 22.6 Å². The first-order valence-corrected chi connectivity index (χ1v) is 11.5. The number of anilines is 1. The Kier molecular flexibility index (Phi) is 7.11. The number of nitrogens with zero attached hydrogens (tertiary/aromatic N) is 4. The van der Waals surface area contributed by atoms with Gasteiger partial charge in [-0.25, -0.2) is 9.37 Å². The quantitative estimate of drug-likeness (QED) is 0.660. The molecule has 0 bridgehead atoms. The van der Waals surface area contributed by atoms with E-state index >= 15 is 0 Å². The average molecular weight is 433 g/mol. The van der Waals surface area contributed by atoms with Gasteiger partial charge in [0.1, 0.15) is 11.6 Å². The van der Waals surface area contributed by atoms with E-state index in [1.54, 1.807) is 12.1 Å². The summed E-state index contributed by atoms with van der Waals surface area (Å²) in [5, 5.41) is 0.896. The van der Waals surface area contributed by atoms with Gasteiger partial charge in [0, 0.05) is 50.1 Å². The Bertz CT molecular complexity index is 846. The molecule has 0 radical (unpaired) electrons. The Labute approximate surface area is 183 Å². The van der Waals surface area contributed by atoms with Gasteiger partial charge in [-0.15, -0.1) is 0 Å². The minimum Gasteiger partial charge on any atom is -0.343 e. The molecule has 2 aromatic rings. The Hall–Kier alpha value is -2.02. The maximum Gasteiger partial charge on any atom is 0.223 e. The van der Waals surface area contributed by atoms with Crippen molar-refractivity contribution in [2.75, 3.05) is 24.5 Å². The summed E-state index contributed by atoms with van der Waals surface area (Å²) in [7, 11) is 0. The Morgan fingerprint density at radius 3 is 2.60 bits per heavy atom. The fraction of sp³-hybridized carbons (Fsp3) is 0.609. The molecule has 2 heterocycles. The lowest BCUT2D eigenvalue weighted by molar-refractivity contribution is -0.134. The van der Waals surface area contributed by atoms with Gasteiger partial charge in [-0.05, 0) is 42.4 Å². The fourth-order valence-corrected chi connectivity index (χ4v) is 4.98. The molecule has 2 unspecified atom stereocenters. The zero-order valence-corrected chi connectivity index (χ0v) is 19.5. The van der Waals surface area contributed by atoms with E-state index in [4.69, 9.17) is 0 Å². The normalized spacial score (nSPS) is 18.5. The number of carbonyl (C=O) groups is 1. The fourth-order valence-electron chi connectivity index (χ4n) is 4.26. The van der Waals surface area contributed by atoms with Crippen molar-refractivity contribution in [2.24, 2.45) is 11.3 Å². The molecule has 1 fully saturated rings. The van der Waals surface area contributed by atoms with Crippen LogP contribution in [-0.4, -0.2) is 45.8 Å². The standard InChI is InChI=1S/C23H33FN4OS/c1-16(14-23(3,4)5)12-21(29)28-11-10-27(15-17(28)2)22-25-20(26-30-22)13-18-6-8-19(24)9-7-18/h6-9,16-17H,10-15H2,1-5H3. The number of rotatable bonds is 6. The summed E-state index contributed by atoms with van der Waals surface area (Å²) in [6.45, 7) is 13.2. The Morgan fingerprint density at radius 2 is 1.97 bits per heavy atom. The van der Waals surface area contributed by atoms with Crippen molar-refractivity contribution in [3.63, 3.8) is 0 Å². The second-order valence-corrected chi connectivity index (χ2v) is 10.5. The summed E-state index contributed by atoms with van der Waals surface area (Å²) >= 11 is 1.39. The first-order valence-electron chi connectivity index (χ1n) is 10.7. The van der Waals surface area contributed by atoms with Crippen molar-refractivity contribution in [3.8, 4) is 0 Å². The largest absolute Gasteiger partial charge is 0.343 e. The Balaban J connectivity index is 1.54. The van der Waals surface area contributed by atoms with E-state index in [-0.39, 0.29) is 23.2 Å². The molecule has 0 spiro atoms. The van der Waals surface area contributed by atoms with Crippen LogP contribution in [0.2, 0.25) is 0 Å². The summed E-state index contributed by atoms with van der Waals surface area (Å²) in [5.41, 5.74) is 1.24. The second-order valence-electron chi connectivity index (χ2n) is 9.75. The van der Waals surface area contributed by atoms with Gasteiger partial charge in [0.05, 0.1) is 0 Å². The number of hydrogen-bond donors (Lipinski definition) is 0. The number of hydrogen-bond acceptors (Lipinski definition) is 5. The van der Waals surface area contributed by atoms with Gasteiger partial charge in [0.2, 0.25) is 11.0 Å². The first kappa shape index (κ1) is 22.7. The number of piperazine rings is 1. The van der Waals surface area contributed by atoms with Gasteiger partial charge in [-0.2, -0.15) is 4.37 Å². The molecule has 1 aliphatic heterocycles. The maximum absolute atomic E-state index is 13.1. The molecular weight excluding hydrogens is 399 g/mol. The van der Waals surface area contributed by atoms with Crippen LogP contribution in [0, 0.1) is 17.2 Å². The number of amides is 1. The predicted molar refractivity (Wildman–Crippen MR) is 120 cm³/mol. The number of carbonyl (C=O) groups excluding carboxylic acids is 1. The lowest BCUT2D eigenvalue weighted by atomic mass is 9.84. The van der Waals surface area contributed by atoms with Crippen LogP contribution in [0.4, 0.5) is 9.52 Å². The second kappa shape index (κ2) is 9.41. The maximum atomic E-state index is 13.1. The molecule has 7 heteroatoms. The van der Waals surface area contributed by atoms with Crippen LogP contribution in [0.15, 0.2) is 24.3 Å². The monoisotopic (exact) mass is 432 g/mol. The highest BCUT2D eigenvalue weighted by atomic mass is 32.1. The summed E-state index contributed by atoms with van der Waals surface area (Å²) in [5.74, 6) is 1.16. The molecule has 1 saturated heterocycles. The van der Waals surface area contributed by atoms with E-state index in [2.05, 4.69) is 48.9 Å². The molecular formula is C23H33FN4OS. The van der Waals surface area contributed by atoms with Crippen molar-refractivity contribution < 1.29 is 9.18 Å². The molecule has 1 aliphatic rings. The zero-order valence-electron chi connectivity index (χ0n) is 18.7. The molecule has 0 saturated carbocycles. The molecule has 30 heavy (non-hydrogen) atoms. The highest BCUT2D eigenvalue weighted by Gasteiger charge is 2.30. The average Bonchev–Trinajstić information content (AvgIpc) is 3.10. The third kappa shape index (κ3) is 6.24. The van der Waals surface area contributed by atoms with Crippen LogP contribution in [0.1, 0.15) is 58.8 Å².